The van der Waals surface area contributed by atoms with Crippen LogP contribution in [-0.2, 0) is 4.79 Å². The summed E-state index contributed by atoms with van der Waals surface area (Å²) in [4.78, 5) is 24.5. The van der Waals surface area contributed by atoms with E-state index in [0.717, 1.165) is 0 Å². The molecule has 18 heavy (non-hydrogen) atoms. The van der Waals surface area contributed by atoms with Gasteiger partial charge in [-0.2, -0.15) is 0 Å². The normalized spacial score (nSPS) is 18.8. The van der Waals surface area contributed by atoms with Gasteiger partial charge in [-0.25, -0.2) is 4.79 Å². The molecule has 0 radical (unpaired) electrons. The summed E-state index contributed by atoms with van der Waals surface area (Å²) in [5.41, 5.74) is 0. The molecule has 1 N–H and O–H groups in total. The van der Waals surface area contributed by atoms with Crippen LogP contribution < -0.4 is 10.1 Å². The van der Waals surface area contributed by atoms with E-state index in [1.54, 1.807) is 36.2 Å². The topological polar surface area (TPSA) is 58.6 Å². The number of benzene rings is 1. The van der Waals surface area contributed by atoms with Crippen LogP contribution in [0.15, 0.2) is 30.3 Å². The number of rotatable bonds is 3. The minimum Gasteiger partial charge on any atom is -0.410 e. The van der Waals surface area contributed by atoms with Gasteiger partial charge in [0.15, 0.2) is 0 Å². The molecule has 2 rings (SSSR count). The number of nitrogens with one attached hydrogen (secondary N) is 1. The SMILES string of the molecule is CN1CC(CNC(=O)Oc2ccccc2)CC1=O. The van der Waals surface area contributed by atoms with Gasteiger partial charge in [-0.15, -0.1) is 0 Å². The molecule has 0 spiro atoms. The molecule has 0 saturated carbocycles. The van der Waals surface area contributed by atoms with E-state index in [1.165, 1.54) is 0 Å². The molecule has 1 unspecified atom stereocenters. The van der Waals surface area contributed by atoms with Gasteiger partial charge in [0.1, 0.15) is 5.75 Å². The van der Waals surface area contributed by atoms with Crippen molar-refractivity contribution in [3.05, 3.63) is 30.3 Å². The van der Waals surface area contributed by atoms with Crippen LogP contribution in [0.25, 0.3) is 0 Å². The first-order chi connectivity index (χ1) is 8.65. The lowest BCUT2D eigenvalue weighted by Gasteiger charge is -2.11. The molecule has 1 aromatic rings. The van der Waals surface area contributed by atoms with Gasteiger partial charge in [-0.1, -0.05) is 18.2 Å². The van der Waals surface area contributed by atoms with E-state index >= 15 is 0 Å². The van der Waals surface area contributed by atoms with Gasteiger partial charge in [0, 0.05) is 32.5 Å². The van der Waals surface area contributed by atoms with E-state index in [4.69, 9.17) is 4.74 Å². The van der Waals surface area contributed by atoms with Crippen LogP contribution in [0.2, 0.25) is 0 Å². The van der Waals surface area contributed by atoms with Crippen LogP contribution in [0.1, 0.15) is 6.42 Å². The number of para-hydroxylation sites is 1. The number of carbonyl (C=O) groups excluding carboxylic acids is 2. The van der Waals surface area contributed by atoms with E-state index in [1.807, 2.05) is 6.07 Å². The van der Waals surface area contributed by atoms with Crippen molar-refractivity contribution in [1.29, 1.82) is 0 Å². The Labute approximate surface area is 106 Å². The third-order valence-corrected chi connectivity index (χ3v) is 2.91. The summed E-state index contributed by atoms with van der Waals surface area (Å²) < 4.78 is 5.08. The van der Waals surface area contributed by atoms with Gasteiger partial charge in [-0.3, -0.25) is 4.79 Å². The number of hydrogen-bond donors (Lipinski definition) is 1. The van der Waals surface area contributed by atoms with Crippen LogP contribution in [0.5, 0.6) is 5.75 Å². The summed E-state index contributed by atoms with van der Waals surface area (Å²) in [5, 5.41) is 2.67. The van der Waals surface area contributed by atoms with Gasteiger partial charge in [0.25, 0.3) is 0 Å². The van der Waals surface area contributed by atoms with Gasteiger partial charge in [0.05, 0.1) is 0 Å². The summed E-state index contributed by atoms with van der Waals surface area (Å²) >= 11 is 0. The highest BCUT2D eigenvalue weighted by molar-refractivity contribution is 5.78. The van der Waals surface area contributed by atoms with E-state index in [-0.39, 0.29) is 11.8 Å². The second kappa shape index (κ2) is 5.53. The molecule has 0 aliphatic carbocycles. The molecule has 2 amide bonds. The molecule has 5 nitrogen and oxygen atoms in total. The minimum atomic E-state index is -0.483. The zero-order chi connectivity index (χ0) is 13.0. The Hall–Kier alpha value is -2.04. The summed E-state index contributed by atoms with van der Waals surface area (Å²) in [6.07, 6.45) is 0.00507. The van der Waals surface area contributed by atoms with Crippen molar-refractivity contribution >= 4 is 12.0 Å². The van der Waals surface area contributed by atoms with Crippen molar-refractivity contribution in [2.75, 3.05) is 20.1 Å². The first kappa shape index (κ1) is 12.4. The summed E-state index contributed by atoms with van der Waals surface area (Å²) in [6, 6.07) is 8.88. The van der Waals surface area contributed by atoms with Crippen molar-refractivity contribution in [3.63, 3.8) is 0 Å². The Morgan fingerprint density at radius 1 is 1.44 bits per heavy atom. The Balaban J connectivity index is 1.74. The van der Waals surface area contributed by atoms with Gasteiger partial charge >= 0.3 is 6.09 Å². The molecule has 1 saturated heterocycles. The van der Waals surface area contributed by atoms with Gasteiger partial charge in [0.2, 0.25) is 5.91 Å². The molecule has 1 aromatic carbocycles. The van der Waals surface area contributed by atoms with Gasteiger partial charge < -0.3 is 15.0 Å². The maximum atomic E-state index is 11.5. The maximum absolute atomic E-state index is 11.5. The van der Waals surface area contributed by atoms with E-state index < -0.39 is 6.09 Å². The second-order valence-electron chi connectivity index (χ2n) is 4.43. The standard InChI is InChI=1S/C13H16N2O3/c1-15-9-10(7-12(15)16)8-14-13(17)18-11-5-3-2-4-6-11/h2-6,10H,7-9H2,1H3,(H,14,17). The molecule has 0 aromatic heterocycles. The predicted octanol–water partition coefficient (Wildman–Crippen LogP) is 1.25. The number of amides is 2. The van der Waals surface area contributed by atoms with E-state index in [2.05, 4.69) is 5.32 Å². The Kier molecular flexibility index (Phi) is 3.82. The van der Waals surface area contributed by atoms with Crippen LogP contribution >= 0.6 is 0 Å². The predicted molar refractivity (Wildman–Crippen MR) is 66.2 cm³/mol. The molecule has 1 fully saturated rings. The highest BCUT2D eigenvalue weighted by atomic mass is 16.6. The molecular formula is C13H16N2O3. The summed E-state index contributed by atoms with van der Waals surface area (Å²) in [7, 11) is 1.77. The highest BCUT2D eigenvalue weighted by Crippen LogP contribution is 2.15. The van der Waals surface area contributed by atoms with Crippen LogP contribution in [0, 0.1) is 5.92 Å². The summed E-state index contributed by atoms with van der Waals surface area (Å²) in [6.45, 7) is 1.15. The monoisotopic (exact) mass is 248 g/mol. The highest BCUT2D eigenvalue weighted by Gasteiger charge is 2.26. The Morgan fingerprint density at radius 3 is 2.78 bits per heavy atom. The van der Waals surface area contributed by atoms with Crippen molar-refractivity contribution in [2.45, 2.75) is 6.42 Å². The Bertz CT molecular complexity index is 433. The fraction of sp³-hybridized carbons (Fsp3) is 0.385. The zero-order valence-corrected chi connectivity index (χ0v) is 10.3. The first-order valence-corrected chi connectivity index (χ1v) is 5.90. The largest absolute Gasteiger partial charge is 0.412 e. The molecule has 1 aliphatic heterocycles. The molecule has 5 heteroatoms. The van der Waals surface area contributed by atoms with Crippen LogP contribution in [0.4, 0.5) is 4.79 Å². The van der Waals surface area contributed by atoms with Crippen LogP contribution in [-0.4, -0.2) is 37.0 Å². The molecule has 1 aliphatic rings. The first-order valence-electron chi connectivity index (χ1n) is 5.90. The number of nitrogens with zero attached hydrogens (tertiary/aromatic N) is 1. The number of carbonyl (C=O) groups is 2. The fourth-order valence-electron chi connectivity index (χ4n) is 1.95. The minimum absolute atomic E-state index is 0.123. The van der Waals surface area contributed by atoms with E-state index in [9.17, 15) is 9.59 Å². The fourth-order valence-corrected chi connectivity index (χ4v) is 1.95. The lowest BCUT2D eigenvalue weighted by Crippen LogP contribution is -2.32. The average molecular weight is 248 g/mol. The molecule has 1 heterocycles. The van der Waals surface area contributed by atoms with Crippen LogP contribution in [0.3, 0.4) is 0 Å². The lowest BCUT2D eigenvalue weighted by atomic mass is 10.1. The van der Waals surface area contributed by atoms with Crippen molar-refractivity contribution in [2.24, 2.45) is 5.92 Å². The van der Waals surface area contributed by atoms with Crippen molar-refractivity contribution in [1.82, 2.24) is 10.2 Å². The van der Waals surface area contributed by atoms with Crippen molar-refractivity contribution in [3.8, 4) is 5.75 Å². The second-order valence-corrected chi connectivity index (χ2v) is 4.43. The quantitative estimate of drug-likeness (QED) is 0.876. The number of hydrogen-bond acceptors (Lipinski definition) is 3. The average Bonchev–Trinajstić information content (AvgIpc) is 2.68. The molecule has 1 atom stereocenters. The number of ether oxygens (including phenoxy) is 1. The number of likely N-dealkylation sites (tertiary alicyclic amines) is 1. The summed E-state index contributed by atoms with van der Waals surface area (Å²) in [5.74, 6) is 0.804. The van der Waals surface area contributed by atoms with Crippen molar-refractivity contribution < 1.29 is 14.3 Å². The third kappa shape index (κ3) is 3.23. The smallest absolute Gasteiger partial charge is 0.410 e. The third-order valence-electron chi connectivity index (χ3n) is 2.91. The molecule has 0 bridgehead atoms. The Morgan fingerprint density at radius 2 is 2.17 bits per heavy atom. The lowest BCUT2D eigenvalue weighted by molar-refractivity contribution is -0.126. The zero-order valence-electron chi connectivity index (χ0n) is 10.3. The molecule has 96 valence electrons. The van der Waals surface area contributed by atoms with Gasteiger partial charge in [-0.05, 0) is 12.1 Å². The molecular weight excluding hydrogens is 232 g/mol. The van der Waals surface area contributed by atoms with E-state index in [0.29, 0.717) is 25.3 Å². The maximum Gasteiger partial charge on any atom is 0.412 e.